The third-order valence-corrected chi connectivity index (χ3v) is 4.61. The number of ether oxygens (including phenoxy) is 1. The second-order valence-corrected chi connectivity index (χ2v) is 5.87. The molecule has 2 fully saturated rings. The molecule has 1 aromatic rings. The van der Waals surface area contributed by atoms with Gasteiger partial charge in [0.25, 0.3) is 11.8 Å². The fourth-order valence-corrected chi connectivity index (χ4v) is 3.18. The Morgan fingerprint density at radius 2 is 1.87 bits per heavy atom. The van der Waals surface area contributed by atoms with Crippen LogP contribution in [0.3, 0.4) is 0 Å². The number of likely N-dealkylation sites (N-methyl/N-ethyl adjacent to an activating group) is 1. The fourth-order valence-electron chi connectivity index (χ4n) is 3.18. The monoisotopic (exact) mass is 317 g/mol. The lowest BCUT2D eigenvalue weighted by molar-refractivity contribution is -0.131. The minimum absolute atomic E-state index is 0.123. The number of imide groups is 1. The molecule has 4 amide bonds. The number of amides is 4. The van der Waals surface area contributed by atoms with Gasteiger partial charge >= 0.3 is 6.03 Å². The number of hydrogen-bond acceptors (Lipinski definition) is 4. The Hall–Kier alpha value is -2.57. The Morgan fingerprint density at radius 3 is 2.43 bits per heavy atom. The standard InChI is InChI=1S/C16H19N3O4/c1-18-14(21)16(17-15(18)22)7-9-19(10-8-16)13(20)11-5-3-4-6-12(11)23-2/h3-6H,7-10H2,1-2H3,(H,17,22). The van der Waals surface area contributed by atoms with Gasteiger partial charge in [0.15, 0.2) is 0 Å². The van der Waals surface area contributed by atoms with Crippen LogP contribution in [-0.4, -0.2) is 60.4 Å². The molecule has 0 unspecified atom stereocenters. The van der Waals surface area contributed by atoms with E-state index in [9.17, 15) is 14.4 Å². The van der Waals surface area contributed by atoms with Gasteiger partial charge in [-0.3, -0.25) is 14.5 Å². The number of methoxy groups -OCH3 is 1. The van der Waals surface area contributed by atoms with E-state index >= 15 is 0 Å². The van der Waals surface area contributed by atoms with Crippen molar-refractivity contribution in [2.75, 3.05) is 27.2 Å². The molecule has 7 nitrogen and oxygen atoms in total. The fraction of sp³-hybridized carbons (Fsp3) is 0.438. The van der Waals surface area contributed by atoms with E-state index in [1.54, 1.807) is 23.1 Å². The van der Waals surface area contributed by atoms with Crippen LogP contribution in [0.4, 0.5) is 4.79 Å². The van der Waals surface area contributed by atoms with E-state index < -0.39 is 5.54 Å². The van der Waals surface area contributed by atoms with Gasteiger partial charge in [-0.1, -0.05) is 12.1 Å². The highest BCUT2D eigenvalue weighted by Gasteiger charge is 2.51. The molecule has 0 saturated carbocycles. The normalized spacial score (nSPS) is 19.9. The first-order chi connectivity index (χ1) is 11.0. The summed E-state index contributed by atoms with van der Waals surface area (Å²) in [7, 11) is 3.00. The number of likely N-dealkylation sites (tertiary alicyclic amines) is 1. The molecule has 0 aromatic heterocycles. The van der Waals surface area contributed by atoms with Crippen molar-refractivity contribution in [3.63, 3.8) is 0 Å². The molecule has 0 aliphatic carbocycles. The third-order valence-electron chi connectivity index (χ3n) is 4.61. The Morgan fingerprint density at radius 1 is 1.22 bits per heavy atom. The van der Waals surface area contributed by atoms with E-state index in [0.717, 1.165) is 4.90 Å². The van der Waals surface area contributed by atoms with Crippen molar-refractivity contribution >= 4 is 17.8 Å². The summed E-state index contributed by atoms with van der Waals surface area (Å²) in [6, 6.07) is 6.69. The van der Waals surface area contributed by atoms with Crippen LogP contribution in [0.5, 0.6) is 5.75 Å². The van der Waals surface area contributed by atoms with E-state index in [1.807, 2.05) is 6.07 Å². The molecule has 1 spiro atoms. The summed E-state index contributed by atoms with van der Waals surface area (Å²) in [4.78, 5) is 39.4. The van der Waals surface area contributed by atoms with Gasteiger partial charge < -0.3 is 15.0 Å². The van der Waals surface area contributed by atoms with Gasteiger partial charge in [0.05, 0.1) is 12.7 Å². The van der Waals surface area contributed by atoms with Crippen molar-refractivity contribution in [2.45, 2.75) is 18.4 Å². The van der Waals surface area contributed by atoms with Crippen LogP contribution < -0.4 is 10.1 Å². The Labute approximate surface area is 134 Å². The van der Waals surface area contributed by atoms with Gasteiger partial charge in [0.2, 0.25) is 0 Å². The lowest BCUT2D eigenvalue weighted by Gasteiger charge is -2.37. The SMILES string of the molecule is COc1ccccc1C(=O)N1CCC2(CC1)NC(=O)N(C)C2=O. The first kappa shape index (κ1) is 15.3. The van der Waals surface area contributed by atoms with Crippen molar-refractivity contribution in [1.82, 2.24) is 15.1 Å². The number of urea groups is 1. The predicted octanol–water partition coefficient (Wildman–Crippen LogP) is 0.852. The molecule has 2 saturated heterocycles. The minimum Gasteiger partial charge on any atom is -0.496 e. The molecule has 7 heteroatoms. The van der Waals surface area contributed by atoms with Crippen LogP contribution in [0.25, 0.3) is 0 Å². The summed E-state index contributed by atoms with van der Waals surface area (Å²) < 4.78 is 5.23. The Balaban J connectivity index is 1.73. The highest BCUT2D eigenvalue weighted by atomic mass is 16.5. The van der Waals surface area contributed by atoms with Crippen molar-refractivity contribution in [1.29, 1.82) is 0 Å². The molecule has 2 aliphatic heterocycles. The molecular formula is C16H19N3O4. The number of nitrogens with one attached hydrogen (secondary N) is 1. The predicted molar refractivity (Wildman–Crippen MR) is 82.2 cm³/mol. The number of hydrogen-bond donors (Lipinski definition) is 1. The van der Waals surface area contributed by atoms with Crippen molar-refractivity contribution in [3.05, 3.63) is 29.8 Å². The molecule has 3 rings (SSSR count). The number of piperidine rings is 1. The summed E-state index contributed by atoms with van der Waals surface area (Å²) in [5.41, 5.74) is -0.353. The van der Waals surface area contributed by atoms with E-state index in [4.69, 9.17) is 4.74 Å². The average molecular weight is 317 g/mol. The van der Waals surface area contributed by atoms with Gasteiger partial charge in [-0.05, 0) is 25.0 Å². The number of para-hydroxylation sites is 1. The molecule has 1 aromatic carbocycles. The van der Waals surface area contributed by atoms with Gasteiger partial charge in [-0.15, -0.1) is 0 Å². The molecule has 0 bridgehead atoms. The minimum atomic E-state index is -0.858. The number of carbonyl (C=O) groups is 3. The molecule has 2 aliphatic rings. The molecule has 122 valence electrons. The number of carbonyl (C=O) groups excluding carboxylic acids is 3. The highest BCUT2D eigenvalue weighted by Crippen LogP contribution is 2.30. The zero-order chi connectivity index (χ0) is 16.6. The van der Waals surface area contributed by atoms with Gasteiger partial charge in [0.1, 0.15) is 11.3 Å². The van der Waals surface area contributed by atoms with E-state index in [1.165, 1.54) is 14.2 Å². The molecule has 0 atom stereocenters. The highest BCUT2D eigenvalue weighted by molar-refractivity contribution is 6.07. The van der Waals surface area contributed by atoms with Crippen molar-refractivity contribution in [3.8, 4) is 5.75 Å². The maximum atomic E-state index is 12.7. The van der Waals surface area contributed by atoms with E-state index in [0.29, 0.717) is 37.2 Å². The van der Waals surface area contributed by atoms with Crippen molar-refractivity contribution < 1.29 is 19.1 Å². The van der Waals surface area contributed by atoms with Crippen LogP contribution in [0.2, 0.25) is 0 Å². The summed E-state index contributed by atoms with van der Waals surface area (Å²) >= 11 is 0. The topological polar surface area (TPSA) is 79.0 Å². The molecule has 0 radical (unpaired) electrons. The van der Waals surface area contributed by atoms with Gasteiger partial charge in [0, 0.05) is 20.1 Å². The second-order valence-electron chi connectivity index (χ2n) is 5.87. The van der Waals surface area contributed by atoms with Crippen LogP contribution >= 0.6 is 0 Å². The number of nitrogens with zero attached hydrogens (tertiary/aromatic N) is 2. The summed E-state index contributed by atoms with van der Waals surface area (Å²) in [6.45, 7) is 0.827. The van der Waals surface area contributed by atoms with Gasteiger partial charge in [-0.25, -0.2) is 4.79 Å². The smallest absolute Gasteiger partial charge is 0.324 e. The van der Waals surface area contributed by atoms with Crippen molar-refractivity contribution in [2.24, 2.45) is 0 Å². The zero-order valence-electron chi connectivity index (χ0n) is 13.2. The van der Waals surface area contributed by atoms with E-state index in [-0.39, 0.29) is 17.8 Å². The van der Waals surface area contributed by atoms with E-state index in [2.05, 4.69) is 5.32 Å². The summed E-state index contributed by atoms with van der Waals surface area (Å²) in [5, 5.41) is 2.77. The average Bonchev–Trinajstić information content (AvgIpc) is 2.79. The second kappa shape index (κ2) is 5.57. The number of rotatable bonds is 2. The van der Waals surface area contributed by atoms with Crippen LogP contribution in [-0.2, 0) is 4.79 Å². The lowest BCUT2D eigenvalue weighted by Crippen LogP contribution is -2.55. The molecule has 1 N–H and O–H groups in total. The molecule has 2 heterocycles. The molecule has 23 heavy (non-hydrogen) atoms. The maximum Gasteiger partial charge on any atom is 0.324 e. The summed E-state index contributed by atoms with van der Waals surface area (Å²) in [5.74, 6) is 0.192. The van der Waals surface area contributed by atoms with Crippen LogP contribution in [0.15, 0.2) is 24.3 Å². The maximum absolute atomic E-state index is 12.7. The first-order valence-corrected chi connectivity index (χ1v) is 7.51. The largest absolute Gasteiger partial charge is 0.496 e. The van der Waals surface area contributed by atoms with Crippen LogP contribution in [0.1, 0.15) is 23.2 Å². The lowest BCUT2D eigenvalue weighted by atomic mass is 9.87. The quantitative estimate of drug-likeness (QED) is 0.820. The Bertz CT molecular complexity index is 665. The summed E-state index contributed by atoms with van der Waals surface area (Å²) in [6.07, 6.45) is 0.839. The first-order valence-electron chi connectivity index (χ1n) is 7.51. The van der Waals surface area contributed by atoms with Gasteiger partial charge in [-0.2, -0.15) is 0 Å². The zero-order valence-corrected chi connectivity index (χ0v) is 13.2. The number of benzene rings is 1. The van der Waals surface area contributed by atoms with Crippen LogP contribution in [0, 0.1) is 0 Å². The molecular weight excluding hydrogens is 298 g/mol. The third kappa shape index (κ3) is 2.42. The Kier molecular flexibility index (Phi) is 3.71.